The Bertz CT molecular complexity index is 495. The van der Waals surface area contributed by atoms with Crippen LogP contribution in [0.15, 0.2) is 18.2 Å². The minimum atomic E-state index is -0.351. The molecule has 0 aliphatic carbocycles. The van der Waals surface area contributed by atoms with Crippen molar-refractivity contribution >= 4 is 17.3 Å². The van der Waals surface area contributed by atoms with Crippen LogP contribution in [0, 0.1) is 16.0 Å². The van der Waals surface area contributed by atoms with Gasteiger partial charge in [0.25, 0.3) is 5.69 Å². The number of likely N-dealkylation sites (tertiary alicyclic amines) is 1. The molecule has 1 saturated heterocycles. The molecule has 0 aromatic heterocycles. The van der Waals surface area contributed by atoms with Gasteiger partial charge in [0.1, 0.15) is 0 Å². The minimum absolute atomic E-state index is 0.128. The third kappa shape index (κ3) is 3.29. The summed E-state index contributed by atoms with van der Waals surface area (Å²) >= 11 is 5.97. The van der Waals surface area contributed by atoms with E-state index in [1.54, 1.807) is 12.1 Å². The van der Waals surface area contributed by atoms with E-state index in [0.29, 0.717) is 29.6 Å². The Morgan fingerprint density at radius 2 is 2.30 bits per heavy atom. The van der Waals surface area contributed by atoms with Gasteiger partial charge in [0.05, 0.1) is 4.92 Å². The van der Waals surface area contributed by atoms with E-state index >= 15 is 0 Å². The van der Waals surface area contributed by atoms with E-state index in [-0.39, 0.29) is 16.7 Å². The van der Waals surface area contributed by atoms with Gasteiger partial charge in [0.15, 0.2) is 0 Å². The van der Waals surface area contributed by atoms with Gasteiger partial charge in [-0.25, -0.2) is 0 Å². The van der Waals surface area contributed by atoms with Crippen LogP contribution in [0.2, 0.25) is 5.02 Å². The third-order valence-electron chi connectivity index (χ3n) is 4.08. The van der Waals surface area contributed by atoms with Crippen molar-refractivity contribution in [3.8, 4) is 0 Å². The Kier molecular flexibility index (Phi) is 4.96. The second-order valence-electron chi connectivity index (χ2n) is 5.42. The molecule has 0 bridgehead atoms. The maximum Gasteiger partial charge on any atom is 0.273 e. The van der Waals surface area contributed by atoms with Gasteiger partial charge < -0.3 is 5.73 Å². The molecule has 6 heteroatoms. The number of halogens is 1. The predicted molar refractivity (Wildman–Crippen MR) is 79.8 cm³/mol. The Balaban J connectivity index is 2.24. The zero-order valence-electron chi connectivity index (χ0n) is 11.6. The summed E-state index contributed by atoms with van der Waals surface area (Å²) in [6, 6.07) is 5.00. The van der Waals surface area contributed by atoms with Crippen LogP contribution >= 0.6 is 11.6 Å². The van der Waals surface area contributed by atoms with Gasteiger partial charge in [-0.05, 0) is 37.4 Å². The van der Waals surface area contributed by atoms with Crippen molar-refractivity contribution in [2.75, 3.05) is 13.1 Å². The average molecular weight is 298 g/mol. The highest BCUT2D eigenvalue weighted by molar-refractivity contribution is 6.30. The van der Waals surface area contributed by atoms with Crippen LogP contribution in [0.3, 0.4) is 0 Å². The first-order chi connectivity index (χ1) is 9.52. The smallest absolute Gasteiger partial charge is 0.273 e. The van der Waals surface area contributed by atoms with E-state index in [1.807, 2.05) is 0 Å². The summed E-state index contributed by atoms with van der Waals surface area (Å²) in [5.74, 6) is 0.520. The molecule has 1 aromatic rings. The number of nitro benzene ring substituents is 1. The van der Waals surface area contributed by atoms with E-state index in [1.165, 1.54) is 6.07 Å². The van der Waals surface area contributed by atoms with Crippen LogP contribution in [0.4, 0.5) is 5.69 Å². The fraction of sp³-hybridized carbons (Fsp3) is 0.571. The number of piperidine rings is 1. The maximum absolute atomic E-state index is 11.1. The Morgan fingerprint density at radius 1 is 1.55 bits per heavy atom. The molecule has 1 heterocycles. The van der Waals surface area contributed by atoms with Gasteiger partial charge in [-0.15, -0.1) is 0 Å². The lowest BCUT2D eigenvalue weighted by Crippen LogP contribution is -2.48. The molecule has 2 unspecified atom stereocenters. The number of hydrogen-bond acceptors (Lipinski definition) is 4. The molecule has 1 aliphatic rings. The van der Waals surface area contributed by atoms with Crippen molar-refractivity contribution in [2.45, 2.75) is 32.4 Å². The van der Waals surface area contributed by atoms with Crippen LogP contribution < -0.4 is 5.73 Å². The molecule has 2 rings (SSSR count). The molecule has 1 aromatic carbocycles. The molecule has 0 saturated carbocycles. The molecule has 2 atom stereocenters. The lowest BCUT2D eigenvalue weighted by atomic mass is 9.90. The quantitative estimate of drug-likeness (QED) is 0.685. The molecule has 20 heavy (non-hydrogen) atoms. The van der Waals surface area contributed by atoms with Crippen LogP contribution in [0.5, 0.6) is 0 Å². The fourth-order valence-corrected chi connectivity index (χ4v) is 3.18. The van der Waals surface area contributed by atoms with E-state index in [4.69, 9.17) is 17.3 Å². The summed E-state index contributed by atoms with van der Waals surface area (Å²) in [6.07, 6.45) is 2.27. The summed E-state index contributed by atoms with van der Waals surface area (Å²) in [5.41, 5.74) is 6.65. The monoisotopic (exact) mass is 297 g/mol. The average Bonchev–Trinajstić information content (AvgIpc) is 2.38. The van der Waals surface area contributed by atoms with Crippen LogP contribution in [0.1, 0.15) is 25.3 Å². The highest BCUT2D eigenvalue weighted by Crippen LogP contribution is 2.28. The van der Waals surface area contributed by atoms with Gasteiger partial charge in [-0.3, -0.25) is 15.0 Å². The largest absolute Gasteiger partial charge is 0.329 e. The summed E-state index contributed by atoms with van der Waals surface area (Å²) < 4.78 is 0. The van der Waals surface area contributed by atoms with Gasteiger partial charge in [0.2, 0.25) is 0 Å². The van der Waals surface area contributed by atoms with Crippen LogP contribution in [0.25, 0.3) is 0 Å². The zero-order chi connectivity index (χ0) is 14.7. The van der Waals surface area contributed by atoms with Gasteiger partial charge in [0, 0.05) is 35.8 Å². The first-order valence-corrected chi connectivity index (χ1v) is 7.27. The summed E-state index contributed by atoms with van der Waals surface area (Å²) in [5, 5.41) is 11.6. The first-order valence-electron chi connectivity index (χ1n) is 6.90. The van der Waals surface area contributed by atoms with Crippen molar-refractivity contribution in [3.63, 3.8) is 0 Å². The number of nitrogens with zero attached hydrogens (tertiary/aromatic N) is 2. The molecule has 5 nitrogen and oxygen atoms in total. The SMILES string of the molecule is CC1CCCN(Cc2cc(Cl)ccc2[N+](=O)[O-])C1CN. The molecule has 110 valence electrons. The van der Waals surface area contributed by atoms with Crippen molar-refractivity contribution in [1.82, 2.24) is 4.90 Å². The van der Waals surface area contributed by atoms with Crippen molar-refractivity contribution in [3.05, 3.63) is 38.9 Å². The lowest BCUT2D eigenvalue weighted by Gasteiger charge is -2.39. The van der Waals surface area contributed by atoms with Gasteiger partial charge in [-0.1, -0.05) is 18.5 Å². The highest BCUT2D eigenvalue weighted by atomic mass is 35.5. The maximum atomic E-state index is 11.1. The van der Waals surface area contributed by atoms with Crippen molar-refractivity contribution in [1.29, 1.82) is 0 Å². The molecular formula is C14H20ClN3O2. The molecule has 2 N–H and O–H groups in total. The minimum Gasteiger partial charge on any atom is -0.329 e. The number of nitro groups is 1. The van der Waals surface area contributed by atoms with Gasteiger partial charge in [-0.2, -0.15) is 0 Å². The number of nitrogens with two attached hydrogens (primary N) is 1. The first kappa shape index (κ1) is 15.2. The summed E-state index contributed by atoms with van der Waals surface area (Å²) in [6.45, 7) is 4.23. The molecule has 1 fully saturated rings. The van der Waals surface area contributed by atoms with Crippen molar-refractivity contribution < 1.29 is 4.92 Å². The molecule has 0 radical (unpaired) electrons. The number of rotatable bonds is 4. The second-order valence-corrected chi connectivity index (χ2v) is 5.86. The topological polar surface area (TPSA) is 72.4 Å². The van der Waals surface area contributed by atoms with Gasteiger partial charge >= 0.3 is 0 Å². The predicted octanol–water partition coefficient (Wildman–Crippen LogP) is 2.81. The summed E-state index contributed by atoms with van der Waals surface area (Å²) in [7, 11) is 0. The summed E-state index contributed by atoms with van der Waals surface area (Å²) in [4.78, 5) is 13.0. The zero-order valence-corrected chi connectivity index (χ0v) is 12.3. The lowest BCUT2D eigenvalue weighted by molar-refractivity contribution is -0.385. The molecule has 1 aliphatic heterocycles. The Morgan fingerprint density at radius 3 is 2.95 bits per heavy atom. The second kappa shape index (κ2) is 6.52. The molecule has 0 amide bonds. The highest BCUT2D eigenvalue weighted by Gasteiger charge is 2.28. The van der Waals surface area contributed by atoms with Crippen LogP contribution in [-0.4, -0.2) is 29.0 Å². The fourth-order valence-electron chi connectivity index (χ4n) is 2.99. The molecule has 0 spiro atoms. The Labute approximate surface area is 123 Å². The number of hydrogen-bond donors (Lipinski definition) is 1. The standard InChI is InChI=1S/C14H20ClN3O2/c1-10-3-2-6-17(14(10)8-16)9-11-7-12(15)4-5-13(11)18(19)20/h4-5,7,10,14H,2-3,6,8-9,16H2,1H3. The third-order valence-corrected chi connectivity index (χ3v) is 4.32. The Hall–Kier alpha value is -1.17. The molecular weight excluding hydrogens is 278 g/mol. The van der Waals surface area contributed by atoms with Crippen LogP contribution in [-0.2, 0) is 6.54 Å². The van der Waals surface area contributed by atoms with E-state index in [0.717, 1.165) is 19.4 Å². The van der Waals surface area contributed by atoms with Crippen molar-refractivity contribution in [2.24, 2.45) is 11.7 Å². The van der Waals surface area contributed by atoms with E-state index in [9.17, 15) is 10.1 Å². The normalized spacial score (nSPS) is 23.8. The van der Waals surface area contributed by atoms with E-state index in [2.05, 4.69) is 11.8 Å². The number of benzene rings is 1. The van der Waals surface area contributed by atoms with E-state index < -0.39 is 0 Å².